The molecule has 0 spiro atoms. The lowest BCUT2D eigenvalue weighted by atomic mass is 10.1. The van der Waals surface area contributed by atoms with Gasteiger partial charge in [-0.3, -0.25) is 4.79 Å². The maximum absolute atomic E-state index is 12.2. The first-order chi connectivity index (χ1) is 9.60. The summed E-state index contributed by atoms with van der Waals surface area (Å²) in [6, 6.07) is 11.2. The van der Waals surface area contributed by atoms with E-state index in [1.165, 1.54) is 0 Å². The summed E-state index contributed by atoms with van der Waals surface area (Å²) in [4.78, 5) is 12.2. The summed E-state index contributed by atoms with van der Waals surface area (Å²) >= 11 is 0. The van der Waals surface area contributed by atoms with E-state index in [0.29, 0.717) is 23.5 Å². The average Bonchev–Trinajstić information content (AvgIpc) is 2.78. The second-order valence-electron chi connectivity index (χ2n) is 4.87. The monoisotopic (exact) mass is 273 g/mol. The van der Waals surface area contributed by atoms with E-state index < -0.39 is 0 Å². The van der Waals surface area contributed by atoms with Crippen molar-refractivity contribution in [2.24, 2.45) is 0 Å². The van der Waals surface area contributed by atoms with Crippen molar-refractivity contribution >= 4 is 5.91 Å². The van der Waals surface area contributed by atoms with Crippen molar-refractivity contribution in [1.82, 2.24) is 5.32 Å². The fourth-order valence-electron chi connectivity index (χ4n) is 2.18. The largest absolute Gasteiger partial charge is 0.466 e. The molecule has 2 aromatic rings. The molecular formula is C16H19NO3. The molecule has 1 atom stereocenters. The Kier molecular flexibility index (Phi) is 4.58. The lowest BCUT2D eigenvalue weighted by Crippen LogP contribution is -2.39. The molecule has 4 heteroatoms. The Morgan fingerprint density at radius 3 is 2.55 bits per heavy atom. The van der Waals surface area contributed by atoms with Gasteiger partial charge in [-0.2, -0.15) is 0 Å². The maximum Gasteiger partial charge on any atom is 0.255 e. The van der Waals surface area contributed by atoms with E-state index in [1.54, 1.807) is 19.9 Å². The summed E-state index contributed by atoms with van der Waals surface area (Å²) in [6.45, 7) is 3.46. The molecule has 0 saturated carbocycles. The summed E-state index contributed by atoms with van der Waals surface area (Å²) < 4.78 is 5.35. The summed E-state index contributed by atoms with van der Waals surface area (Å²) in [6.07, 6.45) is 0.596. The minimum absolute atomic E-state index is 0.101. The van der Waals surface area contributed by atoms with Gasteiger partial charge in [-0.05, 0) is 31.9 Å². The number of benzene rings is 1. The summed E-state index contributed by atoms with van der Waals surface area (Å²) in [7, 11) is 0. The van der Waals surface area contributed by atoms with Crippen LogP contribution in [0.3, 0.4) is 0 Å². The zero-order chi connectivity index (χ0) is 14.5. The molecule has 0 unspecified atom stereocenters. The fourth-order valence-corrected chi connectivity index (χ4v) is 2.18. The quantitative estimate of drug-likeness (QED) is 0.878. The van der Waals surface area contributed by atoms with Crippen molar-refractivity contribution in [3.8, 4) is 0 Å². The normalized spacial score (nSPS) is 12.2. The molecule has 0 saturated heterocycles. The first-order valence-electron chi connectivity index (χ1n) is 6.63. The van der Waals surface area contributed by atoms with Crippen molar-refractivity contribution in [2.45, 2.75) is 26.3 Å². The van der Waals surface area contributed by atoms with E-state index in [1.807, 2.05) is 30.3 Å². The number of nitrogens with one attached hydrogen (secondary N) is 1. The topological polar surface area (TPSA) is 62.5 Å². The Morgan fingerprint density at radius 1 is 1.30 bits per heavy atom. The highest BCUT2D eigenvalue weighted by atomic mass is 16.3. The molecule has 0 radical (unpaired) electrons. The highest BCUT2D eigenvalue weighted by Crippen LogP contribution is 2.14. The molecule has 1 aromatic carbocycles. The van der Waals surface area contributed by atoms with Gasteiger partial charge < -0.3 is 14.8 Å². The van der Waals surface area contributed by atoms with E-state index in [-0.39, 0.29) is 18.6 Å². The summed E-state index contributed by atoms with van der Waals surface area (Å²) in [5.41, 5.74) is 1.60. The predicted octanol–water partition coefficient (Wildman–Crippen LogP) is 2.23. The molecule has 0 aliphatic carbocycles. The number of carbonyl (C=O) groups excluding carboxylic acids is 1. The van der Waals surface area contributed by atoms with Crippen LogP contribution in [0, 0.1) is 13.8 Å². The zero-order valence-electron chi connectivity index (χ0n) is 11.7. The minimum atomic E-state index is -0.306. The predicted molar refractivity (Wildman–Crippen MR) is 76.7 cm³/mol. The number of carbonyl (C=O) groups is 1. The van der Waals surface area contributed by atoms with Gasteiger partial charge in [0.1, 0.15) is 11.5 Å². The van der Waals surface area contributed by atoms with Gasteiger partial charge in [-0.15, -0.1) is 0 Å². The SMILES string of the molecule is Cc1cc(C(=O)N[C@@H](CO)Cc2ccccc2)c(C)o1. The van der Waals surface area contributed by atoms with Gasteiger partial charge >= 0.3 is 0 Å². The summed E-state index contributed by atoms with van der Waals surface area (Å²) in [5, 5.41) is 12.3. The van der Waals surface area contributed by atoms with Gasteiger partial charge in [0, 0.05) is 0 Å². The van der Waals surface area contributed by atoms with Gasteiger partial charge in [0.2, 0.25) is 0 Å². The lowest BCUT2D eigenvalue weighted by molar-refractivity contribution is 0.0915. The smallest absolute Gasteiger partial charge is 0.255 e. The van der Waals surface area contributed by atoms with Crippen LogP contribution in [0.4, 0.5) is 0 Å². The van der Waals surface area contributed by atoms with Crippen LogP contribution in [-0.4, -0.2) is 23.7 Å². The molecule has 20 heavy (non-hydrogen) atoms. The Morgan fingerprint density at radius 2 is 2.00 bits per heavy atom. The van der Waals surface area contributed by atoms with E-state index in [0.717, 1.165) is 5.56 Å². The molecule has 2 rings (SSSR count). The third-order valence-electron chi connectivity index (χ3n) is 3.17. The summed E-state index contributed by atoms with van der Waals surface area (Å²) in [5.74, 6) is 1.09. The number of hydrogen-bond donors (Lipinski definition) is 2. The van der Waals surface area contributed by atoms with Crippen molar-refractivity contribution < 1.29 is 14.3 Å². The molecule has 0 aliphatic rings. The maximum atomic E-state index is 12.2. The Labute approximate surface area is 118 Å². The van der Waals surface area contributed by atoms with Gasteiger partial charge in [-0.25, -0.2) is 0 Å². The highest BCUT2D eigenvalue weighted by molar-refractivity contribution is 5.95. The molecule has 4 nitrogen and oxygen atoms in total. The van der Waals surface area contributed by atoms with E-state index in [2.05, 4.69) is 5.32 Å². The van der Waals surface area contributed by atoms with Crippen LogP contribution < -0.4 is 5.32 Å². The van der Waals surface area contributed by atoms with Crippen LogP contribution in [0.15, 0.2) is 40.8 Å². The molecular weight excluding hydrogens is 254 g/mol. The van der Waals surface area contributed by atoms with Crippen LogP contribution >= 0.6 is 0 Å². The first-order valence-corrected chi connectivity index (χ1v) is 6.63. The van der Waals surface area contributed by atoms with Crippen molar-refractivity contribution in [3.05, 3.63) is 59.0 Å². The minimum Gasteiger partial charge on any atom is -0.466 e. The van der Waals surface area contributed by atoms with Gasteiger partial charge in [-0.1, -0.05) is 30.3 Å². The van der Waals surface area contributed by atoms with E-state index in [9.17, 15) is 9.90 Å². The van der Waals surface area contributed by atoms with Crippen LogP contribution in [-0.2, 0) is 6.42 Å². The Hall–Kier alpha value is -2.07. The van der Waals surface area contributed by atoms with Crippen LogP contribution in [0.2, 0.25) is 0 Å². The molecule has 1 heterocycles. The molecule has 0 aliphatic heterocycles. The van der Waals surface area contributed by atoms with E-state index >= 15 is 0 Å². The number of amides is 1. The molecule has 2 N–H and O–H groups in total. The number of hydrogen-bond acceptors (Lipinski definition) is 3. The third-order valence-corrected chi connectivity index (χ3v) is 3.17. The molecule has 106 valence electrons. The van der Waals surface area contributed by atoms with Crippen LogP contribution in [0.5, 0.6) is 0 Å². The first kappa shape index (κ1) is 14.3. The molecule has 1 aromatic heterocycles. The number of furan rings is 1. The van der Waals surface area contributed by atoms with Crippen molar-refractivity contribution in [2.75, 3.05) is 6.61 Å². The van der Waals surface area contributed by atoms with Crippen LogP contribution in [0.25, 0.3) is 0 Å². The zero-order valence-corrected chi connectivity index (χ0v) is 11.7. The highest BCUT2D eigenvalue weighted by Gasteiger charge is 2.17. The van der Waals surface area contributed by atoms with Gasteiger partial charge in [0.25, 0.3) is 5.91 Å². The lowest BCUT2D eigenvalue weighted by Gasteiger charge is -2.16. The second-order valence-corrected chi connectivity index (χ2v) is 4.87. The third kappa shape index (κ3) is 3.48. The number of rotatable bonds is 5. The fraction of sp³-hybridized carbons (Fsp3) is 0.312. The molecule has 0 bridgehead atoms. The number of aryl methyl sites for hydroxylation is 2. The second kappa shape index (κ2) is 6.39. The average molecular weight is 273 g/mol. The van der Waals surface area contributed by atoms with E-state index in [4.69, 9.17) is 4.42 Å². The molecule has 1 amide bonds. The Balaban J connectivity index is 2.03. The molecule has 0 fully saturated rings. The Bertz CT molecular complexity index is 575. The number of aliphatic hydroxyl groups excluding tert-OH is 1. The van der Waals surface area contributed by atoms with Crippen LogP contribution in [0.1, 0.15) is 27.4 Å². The standard InChI is InChI=1S/C16H19NO3/c1-11-8-15(12(2)20-11)16(19)17-14(10-18)9-13-6-4-3-5-7-13/h3-8,14,18H,9-10H2,1-2H3,(H,17,19)/t14-/m1/s1. The van der Waals surface area contributed by atoms with Crippen molar-refractivity contribution in [3.63, 3.8) is 0 Å². The number of aliphatic hydroxyl groups is 1. The van der Waals surface area contributed by atoms with Gasteiger partial charge in [0.15, 0.2) is 0 Å². The van der Waals surface area contributed by atoms with Crippen molar-refractivity contribution in [1.29, 1.82) is 0 Å². The van der Waals surface area contributed by atoms with Gasteiger partial charge in [0.05, 0.1) is 18.2 Å².